The molecule has 2 aromatic rings. The monoisotopic (exact) mass is 466 g/mol. The molecule has 3 rings (SSSR count). The van der Waals surface area contributed by atoms with Crippen LogP contribution >= 0.6 is 0 Å². The largest absolute Gasteiger partial charge is 0.493 e. The Bertz CT molecular complexity index is 888. The summed E-state index contributed by atoms with van der Waals surface area (Å²) in [5, 5.41) is 9.68. The van der Waals surface area contributed by atoms with Gasteiger partial charge in [-0.25, -0.2) is 0 Å². The topological polar surface area (TPSA) is 103 Å². The van der Waals surface area contributed by atoms with E-state index < -0.39 is 12.2 Å². The second-order valence-electron chi connectivity index (χ2n) is 7.06. The molecule has 0 saturated heterocycles. The molecule has 2 atom stereocenters. The molecule has 1 aliphatic rings. The lowest BCUT2D eigenvalue weighted by atomic mass is 10.0. The van der Waals surface area contributed by atoms with E-state index in [0.717, 1.165) is 5.56 Å². The van der Waals surface area contributed by atoms with E-state index in [9.17, 15) is 5.11 Å². The smallest absolute Gasteiger partial charge is 0.204 e. The van der Waals surface area contributed by atoms with Gasteiger partial charge in [0, 0.05) is 26.9 Å². The average Bonchev–Trinajstić information content (AvgIpc) is 2.85. The summed E-state index contributed by atoms with van der Waals surface area (Å²) >= 11 is 0. The van der Waals surface area contributed by atoms with Crippen LogP contribution in [0.5, 0.6) is 28.7 Å². The quantitative estimate of drug-likeness (QED) is 0.350. The minimum absolute atomic E-state index is 0.0130. The van der Waals surface area contributed by atoms with Gasteiger partial charge in [-0.2, -0.15) is 0 Å². The Kier molecular flexibility index (Phi) is 9.40. The third-order valence-corrected chi connectivity index (χ3v) is 4.79. The third kappa shape index (κ3) is 6.18. The van der Waals surface area contributed by atoms with Crippen LogP contribution in [0.25, 0.3) is 0 Å². The molecule has 0 spiro atoms. The van der Waals surface area contributed by atoms with Crippen LogP contribution in [0.4, 0.5) is 0 Å². The Labute approximate surface area is 192 Å². The van der Waals surface area contributed by atoms with Gasteiger partial charge in [-0.15, -0.1) is 0 Å². The van der Waals surface area contributed by atoms with Crippen LogP contribution < -0.4 is 23.7 Å². The summed E-state index contributed by atoms with van der Waals surface area (Å²) in [7, 11) is 6.16. The first-order chi connectivity index (χ1) is 16.1. The fourth-order valence-corrected chi connectivity index (χ4v) is 3.34. The van der Waals surface area contributed by atoms with Crippen molar-refractivity contribution in [2.75, 3.05) is 55.4 Å². The Balaban J connectivity index is 1.96. The molecule has 2 unspecified atom stereocenters. The Hall–Kier alpha value is -2.76. The summed E-state index contributed by atoms with van der Waals surface area (Å²) in [5.74, 6) is 2.28. The molecule has 0 aromatic heterocycles. The summed E-state index contributed by atoms with van der Waals surface area (Å²) < 4.78 is 49.9. The molecule has 0 amide bonds. The molecule has 2 aromatic carbocycles. The lowest BCUT2D eigenvalue weighted by Gasteiger charge is -2.35. The highest BCUT2D eigenvalue weighted by Crippen LogP contribution is 2.47. The van der Waals surface area contributed by atoms with Crippen molar-refractivity contribution in [3.63, 3.8) is 0 Å². The van der Waals surface area contributed by atoms with Crippen molar-refractivity contribution in [3.8, 4) is 28.7 Å². The Morgan fingerprint density at radius 1 is 0.818 bits per heavy atom. The van der Waals surface area contributed by atoms with Gasteiger partial charge in [0.2, 0.25) is 5.75 Å². The lowest BCUT2D eigenvalue weighted by Crippen LogP contribution is -2.37. The van der Waals surface area contributed by atoms with E-state index in [-0.39, 0.29) is 33.6 Å². The van der Waals surface area contributed by atoms with Gasteiger partial charge >= 0.3 is 0 Å². The SMILES string of the molecule is COCOCC1Oc2c(OCOC)cc(CO)cc2OC1c1ccc(OCOC)c(OC)c1. The first kappa shape index (κ1) is 24.9. The first-order valence-corrected chi connectivity index (χ1v) is 10.2. The van der Waals surface area contributed by atoms with E-state index in [0.29, 0.717) is 34.3 Å². The summed E-state index contributed by atoms with van der Waals surface area (Å²) in [6, 6.07) is 8.83. The van der Waals surface area contributed by atoms with Crippen molar-refractivity contribution in [1.82, 2.24) is 0 Å². The Morgan fingerprint density at radius 3 is 2.21 bits per heavy atom. The Morgan fingerprint density at radius 2 is 1.55 bits per heavy atom. The number of hydrogen-bond acceptors (Lipinski definition) is 10. The van der Waals surface area contributed by atoms with E-state index in [4.69, 9.17) is 42.6 Å². The molecule has 182 valence electrons. The summed E-state index contributed by atoms with van der Waals surface area (Å²) in [6.45, 7) is 0.202. The second kappa shape index (κ2) is 12.5. The van der Waals surface area contributed by atoms with Crippen LogP contribution in [-0.4, -0.2) is 66.6 Å². The fourth-order valence-electron chi connectivity index (χ4n) is 3.34. The molecule has 0 bridgehead atoms. The van der Waals surface area contributed by atoms with Crippen LogP contribution in [0.3, 0.4) is 0 Å². The minimum atomic E-state index is -0.552. The van der Waals surface area contributed by atoms with Crippen molar-refractivity contribution >= 4 is 0 Å². The van der Waals surface area contributed by atoms with Crippen molar-refractivity contribution in [2.45, 2.75) is 18.8 Å². The third-order valence-electron chi connectivity index (χ3n) is 4.79. The van der Waals surface area contributed by atoms with E-state index in [1.165, 1.54) is 7.11 Å². The van der Waals surface area contributed by atoms with Gasteiger partial charge < -0.3 is 47.7 Å². The number of benzene rings is 2. The molecular formula is C23H30O10. The highest BCUT2D eigenvalue weighted by Gasteiger charge is 2.36. The van der Waals surface area contributed by atoms with Gasteiger partial charge in [0.05, 0.1) is 20.3 Å². The van der Waals surface area contributed by atoms with Gasteiger partial charge in [-0.05, 0) is 29.8 Å². The summed E-state index contributed by atoms with van der Waals surface area (Å²) in [6.07, 6.45) is -1.09. The number of methoxy groups -OCH3 is 4. The zero-order valence-electron chi connectivity index (χ0n) is 19.2. The van der Waals surface area contributed by atoms with Crippen LogP contribution in [-0.2, 0) is 25.6 Å². The van der Waals surface area contributed by atoms with Crippen molar-refractivity contribution in [3.05, 3.63) is 41.5 Å². The molecular weight excluding hydrogens is 436 g/mol. The van der Waals surface area contributed by atoms with Crippen molar-refractivity contribution < 1.29 is 47.7 Å². The van der Waals surface area contributed by atoms with Gasteiger partial charge in [0.25, 0.3) is 0 Å². The van der Waals surface area contributed by atoms with Crippen LogP contribution in [0.2, 0.25) is 0 Å². The number of fused-ring (bicyclic) bond motifs is 1. The van der Waals surface area contributed by atoms with Crippen molar-refractivity contribution in [2.24, 2.45) is 0 Å². The standard InChI is InChI=1S/C23H30O10/c1-25-12-29-11-21-22(16-5-6-17(30-13-26-2)18(9-16)28-4)32-20-8-15(10-24)7-19(23(20)33-21)31-14-27-3/h5-9,21-22,24H,10-14H2,1-4H3. The lowest BCUT2D eigenvalue weighted by molar-refractivity contribution is -0.0880. The first-order valence-electron chi connectivity index (χ1n) is 10.2. The maximum Gasteiger partial charge on any atom is 0.204 e. The predicted molar refractivity (Wildman–Crippen MR) is 116 cm³/mol. The molecule has 1 heterocycles. The van der Waals surface area contributed by atoms with E-state index in [2.05, 4.69) is 0 Å². The molecule has 0 radical (unpaired) electrons. The minimum Gasteiger partial charge on any atom is -0.493 e. The number of ether oxygens (including phenoxy) is 9. The number of aliphatic hydroxyl groups is 1. The molecule has 0 aliphatic carbocycles. The molecule has 0 saturated carbocycles. The van der Waals surface area contributed by atoms with Gasteiger partial charge in [0.1, 0.15) is 6.79 Å². The van der Waals surface area contributed by atoms with Crippen LogP contribution in [0.1, 0.15) is 17.2 Å². The normalized spacial score (nSPS) is 17.0. The number of rotatable bonds is 13. The number of aliphatic hydroxyl groups excluding tert-OH is 1. The maximum absolute atomic E-state index is 9.68. The average molecular weight is 466 g/mol. The van der Waals surface area contributed by atoms with E-state index in [1.807, 2.05) is 12.1 Å². The highest BCUT2D eigenvalue weighted by atomic mass is 16.7. The second-order valence-corrected chi connectivity index (χ2v) is 7.06. The highest BCUT2D eigenvalue weighted by molar-refractivity contribution is 5.55. The van der Waals surface area contributed by atoms with E-state index in [1.54, 1.807) is 39.5 Å². The zero-order chi connectivity index (χ0) is 23.6. The summed E-state index contributed by atoms with van der Waals surface area (Å²) in [5.41, 5.74) is 1.39. The number of hydrogen-bond donors (Lipinski definition) is 1. The molecule has 1 aliphatic heterocycles. The molecule has 10 heteroatoms. The molecule has 10 nitrogen and oxygen atoms in total. The van der Waals surface area contributed by atoms with Gasteiger partial charge in [-0.3, -0.25) is 0 Å². The molecule has 33 heavy (non-hydrogen) atoms. The fraction of sp³-hybridized carbons (Fsp3) is 0.478. The van der Waals surface area contributed by atoms with E-state index >= 15 is 0 Å². The van der Waals surface area contributed by atoms with Gasteiger partial charge in [-0.1, -0.05) is 6.07 Å². The van der Waals surface area contributed by atoms with Crippen LogP contribution in [0.15, 0.2) is 30.3 Å². The summed E-state index contributed by atoms with van der Waals surface area (Å²) in [4.78, 5) is 0. The molecule has 0 fully saturated rings. The van der Waals surface area contributed by atoms with Crippen molar-refractivity contribution in [1.29, 1.82) is 0 Å². The zero-order valence-corrected chi connectivity index (χ0v) is 19.2. The van der Waals surface area contributed by atoms with Gasteiger partial charge in [0.15, 0.2) is 48.8 Å². The maximum atomic E-state index is 9.68. The van der Waals surface area contributed by atoms with Crippen LogP contribution in [0, 0.1) is 0 Å². The predicted octanol–water partition coefficient (Wildman–Crippen LogP) is 2.65. The molecule has 1 N–H and O–H groups in total.